The molecule has 1 saturated heterocycles. The van der Waals surface area contributed by atoms with Crippen molar-refractivity contribution in [2.75, 3.05) is 19.6 Å². The predicted octanol–water partition coefficient (Wildman–Crippen LogP) is 4.14. The van der Waals surface area contributed by atoms with Crippen LogP contribution >= 0.6 is 38.5 Å². The first-order valence-corrected chi connectivity index (χ1v) is 9.70. The molecule has 0 unspecified atom stereocenters. The second kappa shape index (κ2) is 7.59. The van der Waals surface area contributed by atoms with Crippen molar-refractivity contribution in [3.8, 4) is 0 Å². The maximum absolute atomic E-state index is 12.8. The summed E-state index contributed by atoms with van der Waals surface area (Å²) >= 11 is 5.69. The summed E-state index contributed by atoms with van der Waals surface area (Å²) in [7, 11) is 0. The van der Waals surface area contributed by atoms with Gasteiger partial charge in [-0.25, -0.2) is 4.79 Å². The summed E-state index contributed by atoms with van der Waals surface area (Å²) in [4.78, 5) is 28.5. The Balaban J connectivity index is 2.06. The van der Waals surface area contributed by atoms with E-state index in [1.807, 2.05) is 45.9 Å². The summed E-state index contributed by atoms with van der Waals surface area (Å²) in [5.41, 5.74) is 0.134. The van der Waals surface area contributed by atoms with Crippen molar-refractivity contribution in [3.63, 3.8) is 0 Å². The third-order valence-corrected chi connectivity index (χ3v) is 6.22. The van der Waals surface area contributed by atoms with Crippen molar-refractivity contribution in [1.82, 2.24) is 9.80 Å². The second-order valence-corrected chi connectivity index (χ2v) is 8.83. The van der Waals surface area contributed by atoms with Gasteiger partial charge in [0.15, 0.2) is 0 Å². The smallest absolute Gasteiger partial charge is 0.410 e. The van der Waals surface area contributed by atoms with Gasteiger partial charge in [-0.2, -0.15) is 0 Å². The molecule has 1 aromatic carbocycles. The zero-order valence-electron chi connectivity index (χ0n) is 14.3. The molecule has 132 valence electrons. The first-order chi connectivity index (χ1) is 11.1. The summed E-state index contributed by atoms with van der Waals surface area (Å²) in [6, 6.07) is 5.56. The monoisotopic (exact) mass is 508 g/mol. The highest BCUT2D eigenvalue weighted by atomic mass is 127. The molecule has 2 rings (SSSR count). The molecule has 0 aromatic heterocycles. The Morgan fingerprint density at radius 3 is 2.54 bits per heavy atom. The standard InChI is InChI=1S/C17H22BrIN2O3/c1-11-10-20(8-9-21(11)16(23)24-17(2,3)4)15(22)12-6-5-7-13(19)14(12)18/h5-7,11H,8-10H2,1-4H3/t11-/m1/s1. The van der Waals surface area contributed by atoms with Gasteiger partial charge >= 0.3 is 6.09 Å². The minimum Gasteiger partial charge on any atom is -0.444 e. The molecule has 1 aliphatic heterocycles. The normalized spacial score (nSPS) is 18.5. The summed E-state index contributed by atoms with van der Waals surface area (Å²) < 4.78 is 7.25. The average molecular weight is 509 g/mol. The number of halogens is 2. The van der Waals surface area contributed by atoms with Gasteiger partial charge in [0.25, 0.3) is 5.91 Å². The number of benzene rings is 1. The number of nitrogens with zero attached hydrogens (tertiary/aromatic N) is 2. The van der Waals surface area contributed by atoms with Crippen molar-refractivity contribution in [2.24, 2.45) is 0 Å². The number of carbonyl (C=O) groups is 2. The van der Waals surface area contributed by atoms with Crippen molar-refractivity contribution in [1.29, 1.82) is 0 Å². The van der Waals surface area contributed by atoms with E-state index in [-0.39, 0.29) is 18.0 Å². The highest BCUT2D eigenvalue weighted by Crippen LogP contribution is 2.25. The van der Waals surface area contributed by atoms with E-state index in [0.717, 1.165) is 8.04 Å². The van der Waals surface area contributed by atoms with E-state index in [2.05, 4.69) is 38.5 Å². The van der Waals surface area contributed by atoms with E-state index in [9.17, 15) is 9.59 Å². The van der Waals surface area contributed by atoms with Crippen molar-refractivity contribution >= 4 is 50.5 Å². The van der Waals surface area contributed by atoms with Gasteiger partial charge < -0.3 is 14.5 Å². The lowest BCUT2D eigenvalue weighted by molar-refractivity contribution is 0.00197. The Kier molecular flexibility index (Phi) is 6.17. The largest absolute Gasteiger partial charge is 0.444 e. The Morgan fingerprint density at radius 1 is 1.29 bits per heavy atom. The molecule has 0 N–H and O–H groups in total. The van der Waals surface area contributed by atoms with Crippen LogP contribution in [0.2, 0.25) is 0 Å². The van der Waals surface area contributed by atoms with Gasteiger partial charge in [-0.05, 0) is 78.3 Å². The number of amides is 2. The lowest BCUT2D eigenvalue weighted by Crippen LogP contribution is -2.56. The van der Waals surface area contributed by atoms with E-state index in [0.29, 0.717) is 25.2 Å². The van der Waals surface area contributed by atoms with Gasteiger partial charge in [0.2, 0.25) is 0 Å². The van der Waals surface area contributed by atoms with E-state index in [1.54, 1.807) is 9.80 Å². The van der Waals surface area contributed by atoms with E-state index in [4.69, 9.17) is 4.74 Å². The molecule has 5 nitrogen and oxygen atoms in total. The molecule has 1 aliphatic rings. The summed E-state index contributed by atoms with van der Waals surface area (Å²) in [6.07, 6.45) is -0.322. The molecule has 2 amide bonds. The van der Waals surface area contributed by atoms with Gasteiger partial charge in [-0.1, -0.05) is 6.07 Å². The molecule has 1 heterocycles. The van der Waals surface area contributed by atoms with Crippen LogP contribution in [0.3, 0.4) is 0 Å². The summed E-state index contributed by atoms with van der Waals surface area (Å²) in [5.74, 6) is -0.0175. The maximum Gasteiger partial charge on any atom is 0.410 e. The Bertz CT molecular complexity index is 645. The molecule has 1 fully saturated rings. The zero-order chi connectivity index (χ0) is 18.1. The van der Waals surface area contributed by atoms with Crippen LogP contribution in [-0.2, 0) is 4.74 Å². The molecule has 7 heteroatoms. The maximum atomic E-state index is 12.8. The van der Waals surface area contributed by atoms with Crippen LogP contribution in [0.4, 0.5) is 4.79 Å². The highest BCUT2D eigenvalue weighted by molar-refractivity contribution is 14.1. The van der Waals surface area contributed by atoms with Gasteiger partial charge in [0.05, 0.1) is 5.56 Å². The first-order valence-electron chi connectivity index (χ1n) is 7.83. The minimum absolute atomic E-state index is 0.0175. The Morgan fingerprint density at radius 2 is 1.96 bits per heavy atom. The Labute approximate surface area is 165 Å². The van der Waals surface area contributed by atoms with Crippen LogP contribution < -0.4 is 0 Å². The topological polar surface area (TPSA) is 49.9 Å². The molecule has 1 aromatic rings. The Hall–Kier alpha value is -0.830. The van der Waals surface area contributed by atoms with Crippen LogP contribution in [-0.4, -0.2) is 53.1 Å². The van der Waals surface area contributed by atoms with Crippen LogP contribution in [0.15, 0.2) is 22.7 Å². The molecule has 0 radical (unpaired) electrons. The summed E-state index contributed by atoms with van der Waals surface area (Å²) in [6.45, 7) is 8.96. The number of carbonyl (C=O) groups excluding carboxylic acids is 2. The van der Waals surface area contributed by atoms with Crippen molar-refractivity contribution in [2.45, 2.75) is 39.3 Å². The molecule has 1 atom stereocenters. The molecule has 0 bridgehead atoms. The molecule has 24 heavy (non-hydrogen) atoms. The first kappa shape index (κ1) is 19.5. The van der Waals surface area contributed by atoms with E-state index < -0.39 is 5.60 Å². The fraction of sp³-hybridized carbons (Fsp3) is 0.529. The van der Waals surface area contributed by atoms with Gasteiger partial charge in [-0.15, -0.1) is 0 Å². The number of hydrogen-bond acceptors (Lipinski definition) is 3. The van der Waals surface area contributed by atoms with Gasteiger partial charge in [-0.3, -0.25) is 4.79 Å². The molecule has 0 saturated carbocycles. The van der Waals surface area contributed by atoms with Crippen LogP contribution in [0.5, 0.6) is 0 Å². The average Bonchev–Trinajstić information content (AvgIpc) is 2.47. The lowest BCUT2D eigenvalue weighted by Gasteiger charge is -2.40. The van der Waals surface area contributed by atoms with Gasteiger partial charge in [0.1, 0.15) is 5.60 Å². The van der Waals surface area contributed by atoms with Gasteiger partial charge in [0, 0.05) is 33.7 Å². The third kappa shape index (κ3) is 4.62. The number of ether oxygens (including phenoxy) is 1. The fourth-order valence-corrected chi connectivity index (χ4v) is 3.51. The third-order valence-electron chi connectivity index (χ3n) is 3.72. The number of rotatable bonds is 1. The number of hydrogen-bond donors (Lipinski definition) is 0. The highest BCUT2D eigenvalue weighted by Gasteiger charge is 2.33. The fourth-order valence-electron chi connectivity index (χ4n) is 2.57. The van der Waals surface area contributed by atoms with E-state index in [1.165, 1.54) is 0 Å². The van der Waals surface area contributed by atoms with Crippen molar-refractivity contribution < 1.29 is 14.3 Å². The number of piperazine rings is 1. The predicted molar refractivity (Wildman–Crippen MR) is 105 cm³/mol. The van der Waals surface area contributed by atoms with Crippen LogP contribution in [0.1, 0.15) is 38.1 Å². The van der Waals surface area contributed by atoms with Crippen LogP contribution in [0.25, 0.3) is 0 Å². The molecule has 0 aliphatic carbocycles. The minimum atomic E-state index is -0.519. The zero-order valence-corrected chi connectivity index (χ0v) is 18.0. The second-order valence-electron chi connectivity index (χ2n) is 6.88. The molecular weight excluding hydrogens is 487 g/mol. The SMILES string of the molecule is C[C@@H]1CN(C(=O)c2cccc(I)c2Br)CCN1C(=O)OC(C)(C)C. The molecule has 0 spiro atoms. The molecular formula is C17H22BrIN2O3. The van der Waals surface area contributed by atoms with Crippen molar-refractivity contribution in [3.05, 3.63) is 31.8 Å². The quantitative estimate of drug-likeness (QED) is 0.536. The van der Waals surface area contributed by atoms with E-state index >= 15 is 0 Å². The van der Waals surface area contributed by atoms with Crippen LogP contribution in [0, 0.1) is 3.57 Å². The lowest BCUT2D eigenvalue weighted by atomic mass is 10.1. The summed E-state index contributed by atoms with van der Waals surface area (Å²) in [5, 5.41) is 0.